The summed E-state index contributed by atoms with van der Waals surface area (Å²) in [5, 5.41) is 9.30. The normalized spacial score (nSPS) is 9.91. The molecule has 0 bridgehead atoms. The molecule has 0 spiro atoms. The molecule has 0 aliphatic rings. The number of methoxy groups -OCH3 is 1. The summed E-state index contributed by atoms with van der Waals surface area (Å²) < 4.78 is 5.02. The van der Waals surface area contributed by atoms with Crippen molar-refractivity contribution < 1.29 is 9.84 Å². The van der Waals surface area contributed by atoms with E-state index < -0.39 is 0 Å². The first kappa shape index (κ1) is 8.14. The topological polar surface area (TPSA) is 29.5 Å². The summed E-state index contributed by atoms with van der Waals surface area (Å²) in [5.41, 5.74) is 0.982. The van der Waals surface area contributed by atoms with Gasteiger partial charge in [0.05, 0.1) is 7.11 Å². The van der Waals surface area contributed by atoms with Crippen molar-refractivity contribution in [2.75, 3.05) is 7.11 Å². The maximum absolute atomic E-state index is 9.30. The molecule has 0 radical (unpaired) electrons. The number of rotatable bonds is 2. The molecule has 2 nitrogen and oxygen atoms in total. The molecule has 0 unspecified atom stereocenters. The lowest BCUT2D eigenvalue weighted by atomic mass is 10.2. The summed E-state index contributed by atoms with van der Waals surface area (Å²) in [6.07, 6.45) is 0. The van der Waals surface area contributed by atoms with Crippen LogP contribution < -0.4 is 4.74 Å². The predicted molar refractivity (Wildman–Crippen MR) is 48.3 cm³/mol. The number of benzene rings is 1. The molecule has 0 aromatic heterocycles. The summed E-state index contributed by atoms with van der Waals surface area (Å²) in [5.74, 6) is 1.19. The number of hydrogen-bond acceptors (Lipinski definition) is 2. The average molecular weight is 168 g/mol. The zero-order valence-electron chi connectivity index (χ0n) is 6.79. The largest absolute Gasteiger partial charge is 0.508 e. The van der Waals surface area contributed by atoms with Gasteiger partial charge in [0.2, 0.25) is 0 Å². The van der Waals surface area contributed by atoms with Gasteiger partial charge < -0.3 is 9.84 Å². The second-order valence-electron chi connectivity index (χ2n) is 2.35. The Morgan fingerprint density at radius 2 is 2.27 bits per heavy atom. The van der Waals surface area contributed by atoms with Crippen molar-refractivity contribution >= 4 is 10.2 Å². The molecule has 0 atom stereocenters. The van der Waals surface area contributed by atoms with Gasteiger partial charge in [-0.2, -0.15) is 0 Å². The molecule has 0 saturated carbocycles. The van der Waals surface area contributed by atoms with Gasteiger partial charge in [-0.1, -0.05) is 0 Å². The van der Waals surface area contributed by atoms with Crippen molar-refractivity contribution in [2.24, 2.45) is 0 Å². The number of aromatic hydroxyl groups is 1. The standard InChI is InChI=1S/C8H12O2Si/c1-10-7-2-3-8(9)6(4-7)5-11/h2-4,9H,5H2,1,11H3. The van der Waals surface area contributed by atoms with E-state index in [0.29, 0.717) is 5.75 Å². The van der Waals surface area contributed by atoms with Gasteiger partial charge in [0.15, 0.2) is 0 Å². The van der Waals surface area contributed by atoms with Crippen molar-refractivity contribution in [2.45, 2.75) is 6.04 Å². The van der Waals surface area contributed by atoms with Crippen LogP contribution >= 0.6 is 0 Å². The molecule has 1 rings (SSSR count). The second-order valence-corrected chi connectivity index (χ2v) is 3.06. The lowest BCUT2D eigenvalue weighted by molar-refractivity contribution is 0.411. The van der Waals surface area contributed by atoms with E-state index in [4.69, 9.17) is 4.74 Å². The summed E-state index contributed by atoms with van der Waals surface area (Å²) in [4.78, 5) is 0. The number of phenolic OH excluding ortho intramolecular Hbond substituents is 1. The average Bonchev–Trinajstić information content (AvgIpc) is 2.05. The Labute approximate surface area is 69.2 Å². The summed E-state index contributed by atoms with van der Waals surface area (Å²) in [6.45, 7) is 0. The van der Waals surface area contributed by atoms with Crippen LogP contribution in [0.15, 0.2) is 18.2 Å². The fourth-order valence-electron chi connectivity index (χ4n) is 0.972. The van der Waals surface area contributed by atoms with Crippen molar-refractivity contribution in [3.05, 3.63) is 23.8 Å². The first-order chi connectivity index (χ1) is 5.27. The van der Waals surface area contributed by atoms with E-state index in [2.05, 4.69) is 0 Å². The van der Waals surface area contributed by atoms with Crippen LogP contribution in [0.4, 0.5) is 0 Å². The van der Waals surface area contributed by atoms with E-state index in [1.54, 1.807) is 19.2 Å². The van der Waals surface area contributed by atoms with Crippen LogP contribution in [0.25, 0.3) is 0 Å². The number of ether oxygens (including phenoxy) is 1. The summed E-state index contributed by atoms with van der Waals surface area (Å²) in [6, 6.07) is 6.27. The van der Waals surface area contributed by atoms with Crippen molar-refractivity contribution in [3.8, 4) is 11.5 Å². The predicted octanol–water partition coefficient (Wildman–Crippen LogP) is 0.266. The van der Waals surface area contributed by atoms with Crippen molar-refractivity contribution in [1.29, 1.82) is 0 Å². The third kappa shape index (κ3) is 1.74. The van der Waals surface area contributed by atoms with E-state index in [-0.39, 0.29) is 0 Å². The van der Waals surface area contributed by atoms with Crippen molar-refractivity contribution in [3.63, 3.8) is 0 Å². The number of hydrogen-bond donors (Lipinski definition) is 1. The molecule has 0 heterocycles. The Balaban J connectivity index is 3.02. The monoisotopic (exact) mass is 168 g/mol. The fourth-order valence-corrected chi connectivity index (χ4v) is 1.54. The van der Waals surface area contributed by atoms with E-state index in [9.17, 15) is 5.11 Å². The van der Waals surface area contributed by atoms with Gasteiger partial charge in [-0.25, -0.2) is 0 Å². The van der Waals surface area contributed by atoms with Gasteiger partial charge in [0.25, 0.3) is 0 Å². The van der Waals surface area contributed by atoms with Crippen LogP contribution in [-0.4, -0.2) is 22.5 Å². The van der Waals surface area contributed by atoms with E-state index >= 15 is 0 Å². The molecule has 1 aromatic rings. The highest BCUT2D eigenvalue weighted by molar-refractivity contribution is 6.08. The highest BCUT2D eigenvalue weighted by Crippen LogP contribution is 2.22. The van der Waals surface area contributed by atoms with Crippen molar-refractivity contribution in [1.82, 2.24) is 0 Å². The first-order valence-corrected chi connectivity index (χ1v) is 5.05. The third-order valence-corrected chi connectivity index (χ3v) is 2.43. The zero-order chi connectivity index (χ0) is 8.27. The van der Waals surface area contributed by atoms with E-state index in [1.807, 2.05) is 6.07 Å². The van der Waals surface area contributed by atoms with Crippen LogP contribution in [0.1, 0.15) is 5.56 Å². The Morgan fingerprint density at radius 3 is 2.82 bits per heavy atom. The van der Waals surface area contributed by atoms with Crippen LogP contribution in [0.2, 0.25) is 0 Å². The zero-order valence-corrected chi connectivity index (χ0v) is 8.79. The minimum absolute atomic E-state index is 0.376. The smallest absolute Gasteiger partial charge is 0.119 e. The molecular formula is C8H12O2Si. The fraction of sp³-hybridized carbons (Fsp3) is 0.250. The molecule has 1 N–H and O–H groups in total. The minimum atomic E-state index is 0.376. The van der Waals surface area contributed by atoms with Crippen LogP contribution in [0.3, 0.4) is 0 Å². The second kappa shape index (κ2) is 3.43. The molecule has 0 aliphatic heterocycles. The summed E-state index contributed by atoms with van der Waals surface area (Å²) >= 11 is 0. The highest BCUT2D eigenvalue weighted by atomic mass is 28.1. The Kier molecular flexibility index (Phi) is 2.54. The molecule has 0 amide bonds. The Bertz CT molecular complexity index is 248. The quantitative estimate of drug-likeness (QED) is 0.642. The first-order valence-electron chi connectivity index (χ1n) is 3.63. The minimum Gasteiger partial charge on any atom is -0.508 e. The third-order valence-electron chi connectivity index (χ3n) is 1.67. The van der Waals surface area contributed by atoms with Gasteiger partial charge in [0.1, 0.15) is 11.5 Å². The van der Waals surface area contributed by atoms with Crippen LogP contribution in [0, 0.1) is 0 Å². The van der Waals surface area contributed by atoms with Gasteiger partial charge in [0, 0.05) is 10.2 Å². The molecule has 3 heteroatoms. The van der Waals surface area contributed by atoms with Crippen LogP contribution in [0.5, 0.6) is 11.5 Å². The van der Waals surface area contributed by atoms with Gasteiger partial charge in [-0.3, -0.25) is 0 Å². The lowest BCUT2D eigenvalue weighted by Gasteiger charge is -2.03. The molecule has 60 valence electrons. The maximum atomic E-state index is 9.30. The molecule has 1 aromatic carbocycles. The van der Waals surface area contributed by atoms with Gasteiger partial charge in [-0.05, 0) is 29.8 Å². The van der Waals surface area contributed by atoms with E-state index in [1.165, 1.54) is 0 Å². The summed E-state index contributed by atoms with van der Waals surface area (Å²) in [7, 11) is 2.69. The molecule has 0 saturated heterocycles. The molecule has 0 aliphatic carbocycles. The SMILES string of the molecule is COc1ccc(O)c(C[SiH3])c1. The molecule has 0 fully saturated rings. The lowest BCUT2D eigenvalue weighted by Crippen LogP contribution is -1.87. The number of phenols is 1. The molecular weight excluding hydrogens is 156 g/mol. The van der Waals surface area contributed by atoms with Gasteiger partial charge in [-0.15, -0.1) is 0 Å². The van der Waals surface area contributed by atoms with Crippen LogP contribution in [-0.2, 0) is 6.04 Å². The van der Waals surface area contributed by atoms with E-state index in [0.717, 1.165) is 27.6 Å². The Hall–Kier alpha value is -0.963. The van der Waals surface area contributed by atoms with Gasteiger partial charge >= 0.3 is 0 Å². The maximum Gasteiger partial charge on any atom is 0.119 e. The molecule has 11 heavy (non-hydrogen) atoms. The highest BCUT2D eigenvalue weighted by Gasteiger charge is 1.99. The Morgan fingerprint density at radius 1 is 1.55 bits per heavy atom.